The second-order valence-electron chi connectivity index (χ2n) is 2.63. The summed E-state index contributed by atoms with van der Waals surface area (Å²) in [5.74, 6) is -2.92. The molecule has 0 saturated carbocycles. The van der Waals surface area contributed by atoms with E-state index in [1.807, 2.05) is 0 Å². The molecule has 3 nitrogen and oxygen atoms in total. The maximum Gasteiger partial charge on any atom is 0.288 e. The summed E-state index contributed by atoms with van der Waals surface area (Å²) in [5.41, 5.74) is 5.46. The Bertz CT molecular complexity index is 352. The standard InChI is InChI=1S/C9H10F2N2OS.ClH/c10-9(11)15-7-4-2-1-3-6(7)13-8(14)5-12;/h1-4,9H,5,12H2,(H,13,14);1H. The molecule has 0 spiro atoms. The second-order valence-corrected chi connectivity index (χ2v) is 3.66. The van der Waals surface area contributed by atoms with Crippen LogP contribution in [0, 0.1) is 0 Å². The van der Waals surface area contributed by atoms with Crippen LogP contribution in [0.1, 0.15) is 0 Å². The van der Waals surface area contributed by atoms with E-state index in [1.54, 1.807) is 18.2 Å². The van der Waals surface area contributed by atoms with Crippen LogP contribution in [0.5, 0.6) is 0 Å². The summed E-state index contributed by atoms with van der Waals surface area (Å²) in [5, 5.41) is 2.45. The van der Waals surface area contributed by atoms with Crippen molar-refractivity contribution < 1.29 is 13.6 Å². The molecule has 1 aromatic rings. The van der Waals surface area contributed by atoms with E-state index in [9.17, 15) is 13.6 Å². The normalized spacial score (nSPS) is 9.75. The number of nitrogens with one attached hydrogen (secondary N) is 1. The number of amides is 1. The van der Waals surface area contributed by atoms with Gasteiger partial charge >= 0.3 is 0 Å². The van der Waals surface area contributed by atoms with E-state index in [0.29, 0.717) is 22.3 Å². The Labute approximate surface area is 102 Å². The van der Waals surface area contributed by atoms with Crippen LogP contribution in [0.25, 0.3) is 0 Å². The van der Waals surface area contributed by atoms with E-state index in [2.05, 4.69) is 5.32 Å². The van der Waals surface area contributed by atoms with Crippen molar-refractivity contribution in [2.24, 2.45) is 5.73 Å². The fraction of sp³-hybridized carbons (Fsp3) is 0.222. The number of hydrogen-bond acceptors (Lipinski definition) is 3. The van der Waals surface area contributed by atoms with E-state index in [-0.39, 0.29) is 19.0 Å². The van der Waals surface area contributed by atoms with Crippen molar-refractivity contribution in [3.8, 4) is 0 Å². The Morgan fingerprint density at radius 3 is 2.62 bits per heavy atom. The van der Waals surface area contributed by atoms with Crippen LogP contribution in [0.15, 0.2) is 29.2 Å². The first-order valence-electron chi connectivity index (χ1n) is 4.17. The molecule has 1 aromatic carbocycles. The van der Waals surface area contributed by atoms with Crippen LogP contribution in [0.4, 0.5) is 14.5 Å². The lowest BCUT2D eigenvalue weighted by Crippen LogP contribution is -2.22. The third-order valence-corrected chi connectivity index (χ3v) is 2.35. The van der Waals surface area contributed by atoms with Gasteiger partial charge in [-0.3, -0.25) is 4.79 Å². The summed E-state index contributed by atoms with van der Waals surface area (Å²) in [4.78, 5) is 11.3. The van der Waals surface area contributed by atoms with Crippen molar-refractivity contribution in [1.82, 2.24) is 0 Å². The highest BCUT2D eigenvalue weighted by molar-refractivity contribution is 7.99. The number of benzene rings is 1. The smallest absolute Gasteiger partial charge is 0.288 e. The molecule has 0 atom stereocenters. The molecule has 0 heterocycles. The van der Waals surface area contributed by atoms with Gasteiger partial charge in [0.2, 0.25) is 5.91 Å². The average molecular weight is 269 g/mol. The van der Waals surface area contributed by atoms with Crippen molar-refractivity contribution in [3.63, 3.8) is 0 Å². The molecule has 0 bridgehead atoms. The van der Waals surface area contributed by atoms with Crippen molar-refractivity contribution in [2.75, 3.05) is 11.9 Å². The average Bonchev–Trinajstić information content (AvgIpc) is 2.20. The number of carbonyl (C=O) groups is 1. The molecule has 16 heavy (non-hydrogen) atoms. The van der Waals surface area contributed by atoms with Gasteiger partial charge in [0.1, 0.15) is 0 Å². The number of halogens is 3. The lowest BCUT2D eigenvalue weighted by molar-refractivity contribution is -0.114. The van der Waals surface area contributed by atoms with Crippen LogP contribution >= 0.6 is 24.2 Å². The summed E-state index contributed by atoms with van der Waals surface area (Å²) in [6.45, 7) is -0.173. The van der Waals surface area contributed by atoms with Gasteiger partial charge in [-0.25, -0.2) is 0 Å². The zero-order valence-electron chi connectivity index (χ0n) is 8.15. The Morgan fingerprint density at radius 1 is 1.44 bits per heavy atom. The van der Waals surface area contributed by atoms with Crippen LogP contribution in [0.2, 0.25) is 0 Å². The molecule has 7 heteroatoms. The third kappa shape index (κ3) is 4.78. The molecule has 0 saturated heterocycles. The van der Waals surface area contributed by atoms with E-state index >= 15 is 0 Å². The zero-order chi connectivity index (χ0) is 11.3. The fourth-order valence-corrected chi connectivity index (χ4v) is 1.57. The predicted octanol–water partition coefficient (Wildman–Crippen LogP) is 2.32. The van der Waals surface area contributed by atoms with Crippen molar-refractivity contribution in [2.45, 2.75) is 10.7 Å². The van der Waals surface area contributed by atoms with Gasteiger partial charge in [-0.15, -0.1) is 12.4 Å². The molecule has 0 aliphatic carbocycles. The summed E-state index contributed by atoms with van der Waals surface area (Å²) in [6.07, 6.45) is 0. The highest BCUT2D eigenvalue weighted by atomic mass is 35.5. The quantitative estimate of drug-likeness (QED) is 0.824. The minimum atomic E-state index is -2.51. The number of anilines is 1. The number of nitrogens with two attached hydrogens (primary N) is 1. The molecule has 0 aliphatic heterocycles. The highest BCUT2D eigenvalue weighted by Gasteiger charge is 2.10. The SMILES string of the molecule is Cl.NCC(=O)Nc1ccccc1SC(F)F. The number of alkyl halides is 2. The van der Waals surface area contributed by atoms with Gasteiger partial charge in [-0.2, -0.15) is 8.78 Å². The predicted molar refractivity (Wildman–Crippen MR) is 63.2 cm³/mol. The van der Waals surface area contributed by atoms with Gasteiger partial charge < -0.3 is 11.1 Å². The summed E-state index contributed by atoms with van der Waals surface area (Å²) < 4.78 is 24.3. The number of carbonyl (C=O) groups excluding carboxylic acids is 1. The van der Waals surface area contributed by atoms with E-state index in [1.165, 1.54) is 6.07 Å². The Morgan fingerprint density at radius 2 is 2.06 bits per heavy atom. The van der Waals surface area contributed by atoms with Crippen LogP contribution in [-0.4, -0.2) is 18.2 Å². The first kappa shape index (κ1) is 15.2. The fourth-order valence-electron chi connectivity index (χ4n) is 0.970. The number of hydrogen-bond donors (Lipinski definition) is 2. The van der Waals surface area contributed by atoms with Gasteiger partial charge in [0, 0.05) is 4.90 Å². The molecule has 0 unspecified atom stereocenters. The first-order chi connectivity index (χ1) is 7.13. The lowest BCUT2D eigenvalue weighted by atomic mass is 10.3. The van der Waals surface area contributed by atoms with E-state index in [4.69, 9.17) is 5.73 Å². The summed E-state index contributed by atoms with van der Waals surface area (Å²) in [7, 11) is 0. The third-order valence-electron chi connectivity index (χ3n) is 1.56. The van der Waals surface area contributed by atoms with Crippen LogP contribution in [0.3, 0.4) is 0 Å². The Kier molecular flexibility index (Phi) is 7.03. The largest absolute Gasteiger partial charge is 0.324 e. The zero-order valence-corrected chi connectivity index (χ0v) is 9.78. The topological polar surface area (TPSA) is 55.1 Å². The van der Waals surface area contributed by atoms with Crippen molar-refractivity contribution >= 4 is 35.8 Å². The lowest BCUT2D eigenvalue weighted by Gasteiger charge is -2.08. The van der Waals surface area contributed by atoms with Crippen molar-refractivity contribution in [3.05, 3.63) is 24.3 Å². The molecule has 90 valence electrons. The molecule has 0 radical (unpaired) electrons. The van der Waals surface area contributed by atoms with Crippen LogP contribution in [-0.2, 0) is 4.79 Å². The summed E-state index contributed by atoms with van der Waals surface area (Å²) >= 11 is 0.389. The minimum absolute atomic E-state index is 0. The molecule has 1 rings (SSSR count). The van der Waals surface area contributed by atoms with Crippen molar-refractivity contribution in [1.29, 1.82) is 0 Å². The Hall–Kier alpha value is -0.850. The Balaban J connectivity index is 0.00000225. The molecular weight excluding hydrogens is 258 g/mol. The number of rotatable bonds is 4. The van der Waals surface area contributed by atoms with E-state index < -0.39 is 11.7 Å². The van der Waals surface area contributed by atoms with Gasteiger partial charge in [-0.05, 0) is 12.1 Å². The molecule has 0 aliphatic rings. The molecule has 0 aromatic heterocycles. The minimum Gasteiger partial charge on any atom is -0.324 e. The number of para-hydroxylation sites is 1. The molecule has 3 N–H and O–H groups in total. The first-order valence-corrected chi connectivity index (χ1v) is 5.05. The summed E-state index contributed by atoms with van der Waals surface area (Å²) in [6, 6.07) is 6.35. The van der Waals surface area contributed by atoms with Gasteiger partial charge in [-0.1, -0.05) is 23.9 Å². The van der Waals surface area contributed by atoms with Gasteiger partial charge in [0.15, 0.2) is 0 Å². The second kappa shape index (κ2) is 7.43. The molecular formula is C9H11ClF2N2OS. The number of thioether (sulfide) groups is 1. The maximum atomic E-state index is 12.1. The molecule has 1 amide bonds. The van der Waals surface area contributed by atoms with E-state index in [0.717, 1.165) is 0 Å². The maximum absolute atomic E-state index is 12.1. The molecule has 0 fully saturated rings. The van der Waals surface area contributed by atoms with Gasteiger partial charge in [0.25, 0.3) is 5.76 Å². The monoisotopic (exact) mass is 268 g/mol. The van der Waals surface area contributed by atoms with Gasteiger partial charge in [0.05, 0.1) is 12.2 Å². The van der Waals surface area contributed by atoms with Crippen LogP contribution < -0.4 is 11.1 Å². The highest BCUT2D eigenvalue weighted by Crippen LogP contribution is 2.31.